The van der Waals surface area contributed by atoms with E-state index in [0.29, 0.717) is 13.0 Å². The lowest BCUT2D eigenvalue weighted by atomic mass is 10.1. The van der Waals surface area contributed by atoms with E-state index in [-0.39, 0.29) is 24.6 Å². The van der Waals surface area contributed by atoms with Crippen LogP contribution in [0.3, 0.4) is 0 Å². The molecule has 1 heterocycles. The molecule has 1 fully saturated rings. The number of anilines is 1. The molecular formula is C14H20N2O2. The zero-order valence-corrected chi connectivity index (χ0v) is 10.9. The Morgan fingerprint density at radius 2 is 2.28 bits per heavy atom. The molecule has 1 aliphatic rings. The fourth-order valence-electron chi connectivity index (χ4n) is 2.38. The van der Waals surface area contributed by atoms with Crippen LogP contribution in [0.2, 0.25) is 0 Å². The summed E-state index contributed by atoms with van der Waals surface area (Å²) in [6.45, 7) is 4.77. The molecule has 2 atom stereocenters. The van der Waals surface area contributed by atoms with Crippen molar-refractivity contribution in [3.05, 3.63) is 29.8 Å². The summed E-state index contributed by atoms with van der Waals surface area (Å²) in [5.41, 5.74) is 2.08. The quantitative estimate of drug-likeness (QED) is 0.841. The van der Waals surface area contributed by atoms with Crippen molar-refractivity contribution in [2.75, 3.05) is 18.1 Å². The molecule has 1 aromatic rings. The lowest BCUT2D eigenvalue weighted by molar-refractivity contribution is -0.122. The number of hydrogen-bond acceptors (Lipinski definition) is 3. The van der Waals surface area contributed by atoms with Gasteiger partial charge in [-0.1, -0.05) is 12.1 Å². The average molecular weight is 248 g/mol. The second-order valence-corrected chi connectivity index (χ2v) is 4.92. The number of amides is 1. The zero-order valence-electron chi connectivity index (χ0n) is 10.9. The van der Waals surface area contributed by atoms with Gasteiger partial charge in [-0.05, 0) is 38.0 Å². The molecule has 0 aliphatic carbocycles. The first-order valence-corrected chi connectivity index (χ1v) is 6.37. The highest BCUT2D eigenvalue weighted by atomic mass is 16.3. The van der Waals surface area contributed by atoms with Crippen molar-refractivity contribution in [3.63, 3.8) is 0 Å². The molecular weight excluding hydrogens is 228 g/mol. The van der Waals surface area contributed by atoms with Gasteiger partial charge in [-0.2, -0.15) is 0 Å². The Balaban J connectivity index is 2.23. The summed E-state index contributed by atoms with van der Waals surface area (Å²) < 4.78 is 0. The number of nitrogens with zero attached hydrogens (tertiary/aromatic N) is 1. The molecule has 0 spiro atoms. The number of piperazine rings is 1. The summed E-state index contributed by atoms with van der Waals surface area (Å²) in [4.78, 5) is 14.1. The van der Waals surface area contributed by atoms with Crippen LogP contribution in [0.15, 0.2) is 24.3 Å². The molecule has 98 valence electrons. The number of aliphatic hydroxyl groups excluding tert-OH is 1. The number of carbonyl (C=O) groups is 1. The molecule has 2 rings (SSSR count). The van der Waals surface area contributed by atoms with Gasteiger partial charge in [-0.3, -0.25) is 4.79 Å². The van der Waals surface area contributed by atoms with E-state index in [1.807, 2.05) is 36.1 Å². The van der Waals surface area contributed by atoms with E-state index < -0.39 is 0 Å². The third-order valence-electron chi connectivity index (χ3n) is 3.24. The van der Waals surface area contributed by atoms with E-state index in [4.69, 9.17) is 5.11 Å². The maximum atomic E-state index is 12.3. The number of hydrogen-bond donors (Lipinski definition) is 2. The van der Waals surface area contributed by atoms with Crippen LogP contribution in [0.4, 0.5) is 5.69 Å². The van der Waals surface area contributed by atoms with Gasteiger partial charge in [0.15, 0.2) is 0 Å². The molecule has 1 aliphatic heterocycles. The maximum Gasteiger partial charge on any atom is 0.244 e. The van der Waals surface area contributed by atoms with Gasteiger partial charge in [0, 0.05) is 24.9 Å². The Bertz CT molecular complexity index is 434. The van der Waals surface area contributed by atoms with E-state index in [0.717, 1.165) is 11.3 Å². The number of aliphatic hydroxyl groups is 1. The van der Waals surface area contributed by atoms with Crippen LogP contribution in [-0.4, -0.2) is 36.2 Å². The average Bonchev–Trinajstić information content (AvgIpc) is 2.33. The summed E-state index contributed by atoms with van der Waals surface area (Å²) >= 11 is 0. The largest absolute Gasteiger partial charge is 0.396 e. The topological polar surface area (TPSA) is 52.6 Å². The van der Waals surface area contributed by atoms with Crippen LogP contribution in [0, 0.1) is 6.92 Å². The van der Waals surface area contributed by atoms with Crippen LogP contribution in [0.25, 0.3) is 0 Å². The van der Waals surface area contributed by atoms with E-state index in [9.17, 15) is 4.79 Å². The maximum absolute atomic E-state index is 12.3. The van der Waals surface area contributed by atoms with Gasteiger partial charge in [-0.15, -0.1) is 0 Å². The Hall–Kier alpha value is -1.39. The summed E-state index contributed by atoms with van der Waals surface area (Å²) in [6.07, 6.45) is 0.464. The van der Waals surface area contributed by atoms with Crippen LogP contribution in [0.1, 0.15) is 18.9 Å². The molecule has 0 bridgehead atoms. The highest BCUT2D eigenvalue weighted by Crippen LogP contribution is 2.20. The highest BCUT2D eigenvalue weighted by molar-refractivity contribution is 5.98. The van der Waals surface area contributed by atoms with Gasteiger partial charge < -0.3 is 15.3 Å². The van der Waals surface area contributed by atoms with Gasteiger partial charge >= 0.3 is 0 Å². The molecule has 18 heavy (non-hydrogen) atoms. The number of carbonyl (C=O) groups excluding carboxylic acids is 1. The lowest BCUT2D eigenvalue weighted by Crippen LogP contribution is -2.59. The second kappa shape index (κ2) is 5.50. The van der Waals surface area contributed by atoms with Crippen molar-refractivity contribution in [1.82, 2.24) is 5.32 Å². The van der Waals surface area contributed by atoms with E-state index >= 15 is 0 Å². The van der Waals surface area contributed by atoms with Crippen molar-refractivity contribution < 1.29 is 9.90 Å². The molecule has 2 N–H and O–H groups in total. The molecule has 1 saturated heterocycles. The van der Waals surface area contributed by atoms with Crippen molar-refractivity contribution >= 4 is 11.6 Å². The van der Waals surface area contributed by atoms with Gasteiger partial charge in [0.05, 0.1) is 6.04 Å². The molecule has 4 nitrogen and oxygen atoms in total. The first-order valence-electron chi connectivity index (χ1n) is 6.37. The molecule has 1 aromatic carbocycles. The van der Waals surface area contributed by atoms with Crippen molar-refractivity contribution in [3.8, 4) is 0 Å². The predicted molar refractivity (Wildman–Crippen MR) is 71.6 cm³/mol. The monoisotopic (exact) mass is 248 g/mol. The van der Waals surface area contributed by atoms with Gasteiger partial charge in [0.25, 0.3) is 0 Å². The minimum absolute atomic E-state index is 0.0256. The molecule has 4 heteroatoms. The van der Waals surface area contributed by atoms with E-state index in [2.05, 4.69) is 12.2 Å². The Kier molecular flexibility index (Phi) is 3.99. The van der Waals surface area contributed by atoms with Crippen LogP contribution < -0.4 is 10.2 Å². The number of aryl methyl sites for hydroxylation is 1. The summed E-state index contributed by atoms with van der Waals surface area (Å²) in [7, 11) is 0. The third kappa shape index (κ3) is 2.71. The Labute approximate surface area is 108 Å². The lowest BCUT2D eigenvalue weighted by Gasteiger charge is -2.37. The molecule has 0 radical (unpaired) electrons. The summed E-state index contributed by atoms with van der Waals surface area (Å²) in [5, 5.41) is 12.2. The van der Waals surface area contributed by atoms with Crippen molar-refractivity contribution in [1.29, 1.82) is 0 Å². The summed E-state index contributed by atoms with van der Waals surface area (Å²) in [6, 6.07) is 7.92. The minimum Gasteiger partial charge on any atom is -0.396 e. The van der Waals surface area contributed by atoms with Gasteiger partial charge in [0.2, 0.25) is 5.91 Å². The zero-order chi connectivity index (χ0) is 13.1. The van der Waals surface area contributed by atoms with E-state index in [1.54, 1.807) is 0 Å². The van der Waals surface area contributed by atoms with Crippen LogP contribution in [0.5, 0.6) is 0 Å². The standard InChI is InChI=1S/C14H20N2O2/c1-10-4-3-5-12(8-10)16-9-11(2)15-13(6-7-17)14(16)18/h3-5,8,11,13,15,17H,6-7,9H2,1-2H3. The summed E-state index contributed by atoms with van der Waals surface area (Å²) in [5.74, 6) is 0.0488. The van der Waals surface area contributed by atoms with Crippen LogP contribution in [-0.2, 0) is 4.79 Å². The Morgan fingerprint density at radius 1 is 1.50 bits per heavy atom. The third-order valence-corrected chi connectivity index (χ3v) is 3.24. The second-order valence-electron chi connectivity index (χ2n) is 4.92. The highest BCUT2D eigenvalue weighted by Gasteiger charge is 2.32. The molecule has 1 amide bonds. The molecule has 2 unspecified atom stereocenters. The fourth-order valence-corrected chi connectivity index (χ4v) is 2.38. The smallest absolute Gasteiger partial charge is 0.244 e. The number of rotatable bonds is 3. The Morgan fingerprint density at radius 3 is 2.94 bits per heavy atom. The molecule has 0 aromatic heterocycles. The van der Waals surface area contributed by atoms with Crippen molar-refractivity contribution in [2.24, 2.45) is 0 Å². The predicted octanol–water partition coefficient (Wildman–Crippen LogP) is 1.07. The normalized spacial score (nSPS) is 24.4. The fraction of sp³-hybridized carbons (Fsp3) is 0.500. The van der Waals surface area contributed by atoms with Crippen LogP contribution >= 0.6 is 0 Å². The first kappa shape index (κ1) is 13.1. The minimum atomic E-state index is -0.278. The van der Waals surface area contributed by atoms with Gasteiger partial charge in [-0.25, -0.2) is 0 Å². The molecule has 0 saturated carbocycles. The SMILES string of the molecule is Cc1cccc(N2CC(C)NC(CCO)C2=O)c1. The van der Waals surface area contributed by atoms with E-state index in [1.165, 1.54) is 0 Å². The van der Waals surface area contributed by atoms with Crippen molar-refractivity contribution in [2.45, 2.75) is 32.4 Å². The van der Waals surface area contributed by atoms with Gasteiger partial charge in [0.1, 0.15) is 0 Å². The number of nitrogens with one attached hydrogen (secondary N) is 1. The first-order chi connectivity index (χ1) is 8.61. The number of benzene rings is 1.